The lowest BCUT2D eigenvalue weighted by molar-refractivity contribution is -0.130. The van der Waals surface area contributed by atoms with E-state index in [1.54, 1.807) is 43.1 Å². The van der Waals surface area contributed by atoms with Gasteiger partial charge in [0.1, 0.15) is 0 Å². The molecular weight excluding hydrogens is 308 g/mol. The third-order valence-corrected chi connectivity index (χ3v) is 4.11. The number of benzene rings is 1. The van der Waals surface area contributed by atoms with Crippen molar-refractivity contribution in [1.82, 2.24) is 9.80 Å². The Morgan fingerprint density at radius 2 is 1.67 bits per heavy atom. The number of piperazine rings is 1. The van der Waals surface area contributed by atoms with Crippen LogP contribution in [0.25, 0.3) is 6.08 Å². The van der Waals surface area contributed by atoms with Crippen LogP contribution in [0.5, 0.6) is 11.5 Å². The van der Waals surface area contributed by atoms with Crippen molar-refractivity contribution in [3.63, 3.8) is 0 Å². The Kier molecular flexibility index (Phi) is 5.84. The first kappa shape index (κ1) is 17.8. The highest BCUT2D eigenvalue weighted by Crippen LogP contribution is 2.34. The summed E-state index contributed by atoms with van der Waals surface area (Å²) in [5.74, 6) is 1.11. The first-order valence-corrected chi connectivity index (χ1v) is 7.95. The molecule has 1 aromatic rings. The number of amides is 2. The molecule has 0 spiro atoms. The van der Waals surface area contributed by atoms with Crippen molar-refractivity contribution in [3.8, 4) is 11.5 Å². The third kappa shape index (κ3) is 3.69. The summed E-state index contributed by atoms with van der Waals surface area (Å²) in [5, 5.41) is 0. The van der Waals surface area contributed by atoms with Gasteiger partial charge in [0.15, 0.2) is 11.5 Å². The molecule has 1 aliphatic heterocycles. The van der Waals surface area contributed by atoms with E-state index in [9.17, 15) is 9.59 Å². The molecule has 1 fully saturated rings. The maximum absolute atomic E-state index is 12.8. The number of nitrogens with zero attached hydrogens (tertiary/aromatic N) is 2. The summed E-state index contributed by atoms with van der Waals surface area (Å²) in [4.78, 5) is 27.7. The molecule has 0 unspecified atom stereocenters. The Bertz CT molecular complexity index is 647. The molecule has 130 valence electrons. The fourth-order valence-corrected chi connectivity index (χ4v) is 2.83. The van der Waals surface area contributed by atoms with Gasteiger partial charge in [-0.3, -0.25) is 9.59 Å². The van der Waals surface area contributed by atoms with Gasteiger partial charge in [0.25, 0.3) is 5.91 Å². The van der Waals surface area contributed by atoms with Gasteiger partial charge in [0, 0.05) is 44.2 Å². The number of methoxy groups -OCH3 is 2. The molecule has 0 N–H and O–H groups in total. The molecule has 24 heavy (non-hydrogen) atoms. The van der Waals surface area contributed by atoms with E-state index in [0.717, 1.165) is 5.56 Å². The zero-order valence-electron chi connectivity index (χ0n) is 14.7. The van der Waals surface area contributed by atoms with Gasteiger partial charge >= 0.3 is 0 Å². The third-order valence-electron chi connectivity index (χ3n) is 4.11. The monoisotopic (exact) mass is 332 g/mol. The second kappa shape index (κ2) is 7.86. The van der Waals surface area contributed by atoms with Crippen LogP contribution in [-0.2, 0) is 4.79 Å². The summed E-state index contributed by atoms with van der Waals surface area (Å²) in [6, 6.07) is 3.51. The van der Waals surface area contributed by atoms with E-state index in [1.807, 2.05) is 19.1 Å². The van der Waals surface area contributed by atoms with Gasteiger partial charge in [-0.05, 0) is 19.1 Å². The maximum Gasteiger partial charge on any atom is 0.254 e. The molecule has 6 heteroatoms. The quantitative estimate of drug-likeness (QED) is 0.847. The highest BCUT2D eigenvalue weighted by atomic mass is 16.5. The van der Waals surface area contributed by atoms with Crippen molar-refractivity contribution in [2.24, 2.45) is 0 Å². The average Bonchev–Trinajstić information content (AvgIpc) is 2.60. The average molecular weight is 332 g/mol. The number of carbonyl (C=O) groups is 2. The van der Waals surface area contributed by atoms with Crippen molar-refractivity contribution >= 4 is 17.9 Å². The first-order chi connectivity index (χ1) is 11.5. The minimum Gasteiger partial charge on any atom is -0.493 e. The second-order valence-electron chi connectivity index (χ2n) is 5.60. The molecule has 2 amide bonds. The van der Waals surface area contributed by atoms with Crippen LogP contribution in [0, 0.1) is 0 Å². The minimum absolute atomic E-state index is 0.0450. The van der Waals surface area contributed by atoms with E-state index in [4.69, 9.17) is 9.47 Å². The fourth-order valence-electron chi connectivity index (χ4n) is 2.83. The van der Waals surface area contributed by atoms with E-state index in [-0.39, 0.29) is 11.8 Å². The van der Waals surface area contributed by atoms with Gasteiger partial charge in [-0.15, -0.1) is 0 Å². The second-order valence-corrected chi connectivity index (χ2v) is 5.60. The van der Waals surface area contributed by atoms with Gasteiger partial charge in [0.2, 0.25) is 5.91 Å². The molecule has 0 aliphatic carbocycles. The lowest BCUT2D eigenvalue weighted by Crippen LogP contribution is -2.50. The molecule has 0 radical (unpaired) electrons. The Morgan fingerprint density at radius 1 is 1.04 bits per heavy atom. The van der Waals surface area contributed by atoms with Crippen molar-refractivity contribution in [1.29, 1.82) is 0 Å². The normalized spacial score (nSPS) is 14.8. The van der Waals surface area contributed by atoms with Crippen molar-refractivity contribution in [2.75, 3.05) is 40.4 Å². The zero-order valence-corrected chi connectivity index (χ0v) is 14.7. The fraction of sp³-hybridized carbons (Fsp3) is 0.444. The first-order valence-electron chi connectivity index (χ1n) is 7.95. The molecule has 0 atom stereocenters. The number of allylic oxidation sites excluding steroid dienone is 1. The molecule has 2 rings (SSSR count). The maximum atomic E-state index is 12.8. The highest BCUT2D eigenvalue weighted by molar-refractivity contribution is 5.96. The molecule has 6 nitrogen and oxygen atoms in total. The van der Waals surface area contributed by atoms with Gasteiger partial charge in [0.05, 0.1) is 14.2 Å². The van der Waals surface area contributed by atoms with Gasteiger partial charge in [-0.2, -0.15) is 0 Å². The summed E-state index contributed by atoms with van der Waals surface area (Å²) in [7, 11) is 3.13. The predicted octanol–water partition coefficient (Wildman–Crippen LogP) is 2.04. The van der Waals surface area contributed by atoms with Crippen LogP contribution in [0.15, 0.2) is 18.2 Å². The number of rotatable bonds is 4. The summed E-state index contributed by atoms with van der Waals surface area (Å²) in [5.41, 5.74) is 1.35. The topological polar surface area (TPSA) is 59.1 Å². The molecule has 1 saturated heterocycles. The zero-order chi connectivity index (χ0) is 17.7. The van der Waals surface area contributed by atoms with Crippen LogP contribution in [0.3, 0.4) is 0 Å². The largest absolute Gasteiger partial charge is 0.493 e. The van der Waals surface area contributed by atoms with Crippen LogP contribution in [0.2, 0.25) is 0 Å². The van der Waals surface area contributed by atoms with Crippen LogP contribution >= 0.6 is 0 Å². The molecule has 0 saturated carbocycles. The van der Waals surface area contributed by atoms with E-state index >= 15 is 0 Å². The molecule has 1 heterocycles. The van der Waals surface area contributed by atoms with E-state index in [0.29, 0.717) is 43.2 Å². The molecular formula is C18H24N2O4. The molecule has 1 aliphatic rings. The highest BCUT2D eigenvalue weighted by Gasteiger charge is 2.24. The molecule has 0 aromatic heterocycles. The minimum atomic E-state index is -0.0649. The standard InChI is InChI=1S/C18H24N2O4/c1-5-6-14-11-15(12-16(23-3)17(14)24-4)18(22)20-9-7-19(8-10-20)13(2)21/h5-6,11-12H,7-10H2,1-4H3. The van der Waals surface area contributed by atoms with E-state index in [2.05, 4.69) is 0 Å². The van der Waals surface area contributed by atoms with Crippen molar-refractivity contribution < 1.29 is 19.1 Å². The summed E-state index contributed by atoms with van der Waals surface area (Å²) < 4.78 is 10.8. The number of carbonyl (C=O) groups excluding carboxylic acids is 2. The van der Waals surface area contributed by atoms with Crippen LogP contribution in [0.4, 0.5) is 0 Å². The van der Waals surface area contributed by atoms with Gasteiger partial charge in [-0.25, -0.2) is 0 Å². The summed E-state index contributed by atoms with van der Waals surface area (Å²) in [6.07, 6.45) is 3.77. The van der Waals surface area contributed by atoms with Gasteiger partial charge < -0.3 is 19.3 Å². The van der Waals surface area contributed by atoms with Crippen LogP contribution < -0.4 is 9.47 Å². The Morgan fingerprint density at radius 3 is 2.17 bits per heavy atom. The molecule has 0 bridgehead atoms. The predicted molar refractivity (Wildman–Crippen MR) is 92.4 cm³/mol. The summed E-state index contributed by atoms with van der Waals surface area (Å²) >= 11 is 0. The number of ether oxygens (including phenoxy) is 2. The lowest BCUT2D eigenvalue weighted by atomic mass is 10.1. The van der Waals surface area contributed by atoms with E-state index in [1.165, 1.54) is 0 Å². The van der Waals surface area contributed by atoms with Crippen molar-refractivity contribution in [3.05, 3.63) is 29.3 Å². The van der Waals surface area contributed by atoms with Gasteiger partial charge in [-0.1, -0.05) is 12.2 Å². The van der Waals surface area contributed by atoms with Crippen LogP contribution in [-0.4, -0.2) is 62.0 Å². The SMILES string of the molecule is CC=Cc1cc(C(=O)N2CCN(C(C)=O)CC2)cc(OC)c1OC. The number of hydrogen-bond donors (Lipinski definition) is 0. The Balaban J connectivity index is 2.26. The Labute approximate surface area is 142 Å². The molecule has 1 aromatic carbocycles. The van der Waals surface area contributed by atoms with Crippen molar-refractivity contribution in [2.45, 2.75) is 13.8 Å². The Hall–Kier alpha value is -2.50. The lowest BCUT2D eigenvalue weighted by Gasteiger charge is -2.34. The smallest absolute Gasteiger partial charge is 0.254 e. The van der Waals surface area contributed by atoms with E-state index < -0.39 is 0 Å². The number of hydrogen-bond acceptors (Lipinski definition) is 4. The van der Waals surface area contributed by atoms with Crippen LogP contribution in [0.1, 0.15) is 29.8 Å². The summed E-state index contributed by atoms with van der Waals surface area (Å²) in [6.45, 7) is 5.65.